The lowest BCUT2D eigenvalue weighted by Crippen LogP contribution is -2.16. The summed E-state index contributed by atoms with van der Waals surface area (Å²) < 4.78 is 5.56. The molecule has 3 aromatic rings. The molecule has 0 aliphatic heterocycles. The van der Waals surface area contributed by atoms with E-state index in [9.17, 15) is 4.79 Å². The minimum atomic E-state index is -0.325. The van der Waals surface area contributed by atoms with Crippen molar-refractivity contribution in [2.24, 2.45) is 0 Å². The number of carbonyl (C=O) groups excluding carboxylic acids is 1. The van der Waals surface area contributed by atoms with E-state index in [-0.39, 0.29) is 11.6 Å². The van der Waals surface area contributed by atoms with Crippen molar-refractivity contribution >= 4 is 28.8 Å². The zero-order chi connectivity index (χ0) is 20.8. The Morgan fingerprint density at radius 3 is 2.48 bits per heavy atom. The summed E-state index contributed by atoms with van der Waals surface area (Å²) in [4.78, 5) is 23.4. The number of para-hydroxylation sites is 2. The third-order valence-corrected chi connectivity index (χ3v) is 4.16. The molecule has 7 heteroatoms. The van der Waals surface area contributed by atoms with Gasteiger partial charge < -0.3 is 20.3 Å². The fourth-order valence-corrected chi connectivity index (χ4v) is 2.78. The first-order chi connectivity index (χ1) is 14.0. The number of hydrogen-bond acceptors (Lipinski definition) is 6. The second-order valence-corrected chi connectivity index (χ2v) is 6.64. The van der Waals surface area contributed by atoms with Gasteiger partial charge in [0, 0.05) is 31.5 Å². The number of carbonyl (C=O) groups is 1. The number of rotatable bonds is 7. The summed E-state index contributed by atoms with van der Waals surface area (Å²) in [5.41, 5.74) is 2.85. The molecule has 7 nitrogen and oxygen atoms in total. The first-order valence-electron chi connectivity index (χ1n) is 9.39. The van der Waals surface area contributed by atoms with Gasteiger partial charge in [-0.25, -0.2) is 9.97 Å². The monoisotopic (exact) mass is 391 g/mol. The highest BCUT2D eigenvalue weighted by Crippen LogP contribution is 2.25. The summed E-state index contributed by atoms with van der Waals surface area (Å²) in [5.74, 6) is 1.35. The Hall–Kier alpha value is -3.61. The molecule has 1 heterocycles. The van der Waals surface area contributed by atoms with Crippen LogP contribution in [0.5, 0.6) is 5.75 Å². The Labute approximate surface area is 170 Å². The Morgan fingerprint density at radius 1 is 1.07 bits per heavy atom. The van der Waals surface area contributed by atoms with Crippen molar-refractivity contribution in [1.29, 1.82) is 0 Å². The minimum absolute atomic E-state index is 0.274. The van der Waals surface area contributed by atoms with Crippen LogP contribution in [0.3, 0.4) is 0 Å². The quantitative estimate of drug-likeness (QED) is 0.627. The molecule has 0 fully saturated rings. The van der Waals surface area contributed by atoms with Gasteiger partial charge in [-0.05, 0) is 50.2 Å². The standard InChI is InChI=1S/C22H25N5O2/c1-5-29-20-9-7-6-8-18(20)26-22(28)19-14-21(24-15(2)23-19)25-16-10-12-17(13-11-16)27(3)4/h6-14H,5H2,1-4H3,(H,26,28)(H,23,24,25). The molecule has 0 saturated carbocycles. The third-order valence-electron chi connectivity index (χ3n) is 4.16. The maximum absolute atomic E-state index is 12.8. The summed E-state index contributed by atoms with van der Waals surface area (Å²) in [6.45, 7) is 4.17. The summed E-state index contributed by atoms with van der Waals surface area (Å²) in [5, 5.41) is 6.09. The van der Waals surface area contributed by atoms with E-state index in [1.165, 1.54) is 0 Å². The van der Waals surface area contributed by atoms with Crippen molar-refractivity contribution in [2.45, 2.75) is 13.8 Å². The number of amides is 1. The zero-order valence-corrected chi connectivity index (χ0v) is 17.1. The molecule has 3 rings (SSSR count). The summed E-state index contributed by atoms with van der Waals surface area (Å²) in [6, 6.07) is 16.9. The fraction of sp³-hybridized carbons (Fsp3) is 0.227. The molecule has 29 heavy (non-hydrogen) atoms. The molecule has 2 N–H and O–H groups in total. The van der Waals surface area contributed by atoms with E-state index in [4.69, 9.17) is 4.74 Å². The Morgan fingerprint density at radius 2 is 1.79 bits per heavy atom. The van der Waals surface area contributed by atoms with E-state index in [1.54, 1.807) is 19.1 Å². The predicted octanol–water partition coefficient (Wildman–Crippen LogP) is 4.25. The van der Waals surface area contributed by atoms with Crippen LogP contribution in [0.4, 0.5) is 22.9 Å². The van der Waals surface area contributed by atoms with Crippen molar-refractivity contribution in [1.82, 2.24) is 9.97 Å². The Bertz CT molecular complexity index is 987. The topological polar surface area (TPSA) is 79.4 Å². The number of nitrogens with zero attached hydrogens (tertiary/aromatic N) is 3. The smallest absolute Gasteiger partial charge is 0.274 e. The molecule has 0 atom stereocenters. The molecule has 0 aliphatic rings. The Kier molecular flexibility index (Phi) is 6.29. The summed E-state index contributed by atoms with van der Waals surface area (Å²) in [7, 11) is 3.98. The van der Waals surface area contributed by atoms with Gasteiger partial charge in [-0.3, -0.25) is 4.79 Å². The number of aromatic nitrogens is 2. The molecule has 150 valence electrons. The van der Waals surface area contributed by atoms with Crippen LogP contribution in [0.1, 0.15) is 23.2 Å². The largest absolute Gasteiger partial charge is 0.492 e. The second kappa shape index (κ2) is 9.05. The number of aryl methyl sites for hydroxylation is 1. The van der Waals surface area contributed by atoms with Crippen LogP contribution in [0.2, 0.25) is 0 Å². The number of hydrogen-bond donors (Lipinski definition) is 2. The Balaban J connectivity index is 1.79. The molecule has 0 unspecified atom stereocenters. The van der Waals surface area contributed by atoms with E-state index in [1.807, 2.05) is 68.4 Å². The SMILES string of the molecule is CCOc1ccccc1NC(=O)c1cc(Nc2ccc(N(C)C)cc2)nc(C)n1. The molecule has 0 spiro atoms. The van der Waals surface area contributed by atoms with Crippen LogP contribution in [-0.2, 0) is 0 Å². The van der Waals surface area contributed by atoms with Crippen molar-refractivity contribution < 1.29 is 9.53 Å². The van der Waals surface area contributed by atoms with E-state index < -0.39 is 0 Å². The minimum Gasteiger partial charge on any atom is -0.492 e. The van der Waals surface area contributed by atoms with Crippen molar-refractivity contribution in [3.63, 3.8) is 0 Å². The molecule has 0 saturated heterocycles. The molecule has 0 bridgehead atoms. The first-order valence-corrected chi connectivity index (χ1v) is 9.39. The summed E-state index contributed by atoms with van der Waals surface area (Å²) in [6.07, 6.45) is 0. The molecule has 1 amide bonds. The highest BCUT2D eigenvalue weighted by molar-refractivity contribution is 6.04. The van der Waals surface area contributed by atoms with Gasteiger partial charge in [-0.15, -0.1) is 0 Å². The fourth-order valence-electron chi connectivity index (χ4n) is 2.78. The maximum Gasteiger partial charge on any atom is 0.274 e. The predicted molar refractivity (Wildman–Crippen MR) is 116 cm³/mol. The van der Waals surface area contributed by atoms with E-state index in [2.05, 4.69) is 20.6 Å². The van der Waals surface area contributed by atoms with Gasteiger partial charge >= 0.3 is 0 Å². The highest BCUT2D eigenvalue weighted by atomic mass is 16.5. The van der Waals surface area contributed by atoms with Gasteiger partial charge in [0.1, 0.15) is 23.1 Å². The van der Waals surface area contributed by atoms with Crippen molar-refractivity contribution in [3.8, 4) is 5.75 Å². The van der Waals surface area contributed by atoms with Gasteiger partial charge in [-0.1, -0.05) is 12.1 Å². The van der Waals surface area contributed by atoms with Gasteiger partial charge in [0.05, 0.1) is 12.3 Å². The lowest BCUT2D eigenvalue weighted by Gasteiger charge is -2.14. The molecule has 1 aromatic heterocycles. The van der Waals surface area contributed by atoms with Gasteiger partial charge in [0.2, 0.25) is 0 Å². The maximum atomic E-state index is 12.8. The number of nitrogens with one attached hydrogen (secondary N) is 2. The summed E-state index contributed by atoms with van der Waals surface area (Å²) >= 11 is 0. The molecule has 0 aliphatic carbocycles. The number of anilines is 4. The zero-order valence-electron chi connectivity index (χ0n) is 17.1. The first kappa shape index (κ1) is 20.1. The lowest BCUT2D eigenvalue weighted by atomic mass is 10.2. The average Bonchev–Trinajstić information content (AvgIpc) is 2.69. The lowest BCUT2D eigenvalue weighted by molar-refractivity contribution is 0.102. The van der Waals surface area contributed by atoms with Crippen LogP contribution >= 0.6 is 0 Å². The molecular formula is C22H25N5O2. The van der Waals surface area contributed by atoms with Crippen LogP contribution in [0.15, 0.2) is 54.6 Å². The van der Waals surface area contributed by atoms with Crippen molar-refractivity contribution in [3.05, 3.63) is 66.1 Å². The van der Waals surface area contributed by atoms with Crippen LogP contribution in [-0.4, -0.2) is 36.6 Å². The third kappa shape index (κ3) is 5.22. The van der Waals surface area contributed by atoms with Crippen LogP contribution < -0.4 is 20.3 Å². The van der Waals surface area contributed by atoms with Gasteiger partial charge in [0.25, 0.3) is 5.91 Å². The number of ether oxygens (including phenoxy) is 1. The molecular weight excluding hydrogens is 366 g/mol. The van der Waals surface area contributed by atoms with E-state index in [0.717, 1.165) is 11.4 Å². The van der Waals surface area contributed by atoms with Gasteiger partial charge in [-0.2, -0.15) is 0 Å². The van der Waals surface area contributed by atoms with Crippen molar-refractivity contribution in [2.75, 3.05) is 36.2 Å². The van der Waals surface area contributed by atoms with E-state index in [0.29, 0.717) is 29.7 Å². The number of benzene rings is 2. The molecule has 2 aromatic carbocycles. The van der Waals surface area contributed by atoms with Crippen LogP contribution in [0.25, 0.3) is 0 Å². The average molecular weight is 391 g/mol. The van der Waals surface area contributed by atoms with Gasteiger partial charge in [0.15, 0.2) is 0 Å². The molecule has 0 radical (unpaired) electrons. The second-order valence-electron chi connectivity index (χ2n) is 6.64. The highest BCUT2D eigenvalue weighted by Gasteiger charge is 2.13. The van der Waals surface area contributed by atoms with Crippen LogP contribution in [0, 0.1) is 6.92 Å². The van der Waals surface area contributed by atoms with E-state index >= 15 is 0 Å². The normalized spacial score (nSPS) is 10.3.